The van der Waals surface area contributed by atoms with Crippen LogP contribution in [0.3, 0.4) is 0 Å². The number of methoxy groups -OCH3 is 1. The molecule has 0 radical (unpaired) electrons. The van der Waals surface area contributed by atoms with Crippen LogP contribution in [0.2, 0.25) is 0 Å². The number of hydrogen-bond acceptors (Lipinski definition) is 5. The molecule has 0 saturated heterocycles. The summed E-state index contributed by atoms with van der Waals surface area (Å²) in [7, 11) is 1.54. The van der Waals surface area contributed by atoms with Crippen LogP contribution in [0.1, 0.15) is 17.0 Å². The number of halogens is 3. The quantitative estimate of drug-likeness (QED) is 0.383. The number of nitrogens with zero attached hydrogens (tertiary/aromatic N) is 3. The summed E-state index contributed by atoms with van der Waals surface area (Å²) in [6, 6.07) is 12.1. The van der Waals surface area contributed by atoms with Gasteiger partial charge in [0.15, 0.2) is 11.6 Å². The second-order valence-electron chi connectivity index (χ2n) is 7.33. The zero-order valence-corrected chi connectivity index (χ0v) is 19.0. The maximum atomic E-state index is 13.6. The molecule has 2 N–H and O–H groups in total. The third kappa shape index (κ3) is 4.71. The lowest BCUT2D eigenvalue weighted by atomic mass is 9.86. The Balaban J connectivity index is 1.79. The zero-order valence-electron chi connectivity index (χ0n) is 17.4. The van der Waals surface area contributed by atoms with Gasteiger partial charge in [-0.05, 0) is 51.3 Å². The standard InChI is InChI=1S/C23H19BrF2N4O3/c1-33-18(12-30-19(24)11-27-23(30)21-22(32)17(31)10-28-29-21)20(13-2-6-15(25)7-3-13)14-4-8-16(26)9-5-14/h2-11,18,20H,12H2,1H3,(H,28,32)(H,29,31). The molecule has 170 valence electrons. The molecule has 0 bridgehead atoms. The Morgan fingerprint density at radius 2 is 1.64 bits per heavy atom. The Labute approximate surface area is 195 Å². The highest BCUT2D eigenvalue weighted by Crippen LogP contribution is 2.33. The highest BCUT2D eigenvalue weighted by molar-refractivity contribution is 9.10. The van der Waals surface area contributed by atoms with E-state index in [2.05, 4.69) is 31.1 Å². The third-order valence-electron chi connectivity index (χ3n) is 5.35. The van der Waals surface area contributed by atoms with Crippen LogP contribution in [0.25, 0.3) is 11.5 Å². The maximum absolute atomic E-state index is 13.6. The van der Waals surface area contributed by atoms with Crippen LogP contribution in [-0.2, 0) is 11.3 Å². The molecule has 2 aromatic heterocycles. The summed E-state index contributed by atoms with van der Waals surface area (Å²) in [4.78, 5) is 16.2. The van der Waals surface area contributed by atoms with E-state index >= 15 is 0 Å². The Bertz CT molecular complexity index is 1260. The van der Waals surface area contributed by atoms with Crippen molar-refractivity contribution in [3.05, 3.63) is 98.5 Å². The fourth-order valence-electron chi connectivity index (χ4n) is 3.73. The van der Waals surface area contributed by atoms with Crippen molar-refractivity contribution in [3.63, 3.8) is 0 Å². The number of ether oxygens (including phenoxy) is 1. The van der Waals surface area contributed by atoms with E-state index in [9.17, 15) is 18.7 Å². The van der Waals surface area contributed by atoms with Gasteiger partial charge in [-0.1, -0.05) is 24.3 Å². The number of aromatic nitrogens is 4. The van der Waals surface area contributed by atoms with Gasteiger partial charge in [0, 0.05) is 13.0 Å². The summed E-state index contributed by atoms with van der Waals surface area (Å²) in [6.07, 6.45) is 1.98. The number of aromatic amines is 1. The average molecular weight is 517 g/mol. The van der Waals surface area contributed by atoms with E-state index in [1.807, 2.05) is 0 Å². The summed E-state index contributed by atoms with van der Waals surface area (Å²) >= 11 is 3.45. The first-order valence-electron chi connectivity index (χ1n) is 9.90. The van der Waals surface area contributed by atoms with Crippen LogP contribution in [-0.4, -0.2) is 38.1 Å². The van der Waals surface area contributed by atoms with E-state index < -0.39 is 17.3 Å². The van der Waals surface area contributed by atoms with E-state index in [4.69, 9.17) is 4.74 Å². The Hall–Kier alpha value is -3.37. The molecular formula is C23H19BrF2N4O3. The van der Waals surface area contributed by atoms with Crippen LogP contribution in [0.15, 0.2) is 70.3 Å². The molecule has 0 aliphatic heterocycles. The van der Waals surface area contributed by atoms with E-state index in [-0.39, 0.29) is 35.6 Å². The third-order valence-corrected chi connectivity index (χ3v) is 5.99. The molecule has 7 nitrogen and oxygen atoms in total. The molecule has 2 aromatic carbocycles. The summed E-state index contributed by atoms with van der Waals surface area (Å²) in [5, 5.41) is 16.6. The van der Waals surface area contributed by atoms with Crippen LogP contribution >= 0.6 is 15.9 Å². The molecule has 1 unspecified atom stereocenters. The molecule has 0 amide bonds. The highest BCUT2D eigenvalue weighted by atomic mass is 79.9. The van der Waals surface area contributed by atoms with E-state index in [1.54, 1.807) is 35.9 Å². The van der Waals surface area contributed by atoms with E-state index in [1.165, 1.54) is 30.5 Å². The van der Waals surface area contributed by atoms with Gasteiger partial charge in [-0.3, -0.25) is 9.89 Å². The molecule has 4 aromatic rings. The van der Waals surface area contributed by atoms with Gasteiger partial charge in [0.2, 0.25) is 5.43 Å². The number of aromatic hydroxyl groups is 1. The van der Waals surface area contributed by atoms with E-state index in [0.29, 0.717) is 4.60 Å². The summed E-state index contributed by atoms with van der Waals surface area (Å²) in [5.74, 6) is -1.38. The first kappa shape index (κ1) is 22.8. The van der Waals surface area contributed by atoms with Crippen LogP contribution in [0.5, 0.6) is 5.75 Å². The minimum atomic E-state index is -0.645. The van der Waals surface area contributed by atoms with Crippen molar-refractivity contribution in [2.45, 2.75) is 18.6 Å². The van der Waals surface area contributed by atoms with E-state index in [0.717, 1.165) is 17.3 Å². The number of benzene rings is 2. The smallest absolute Gasteiger partial charge is 0.242 e. The number of imidazole rings is 1. The number of H-pyrrole nitrogens is 1. The van der Waals surface area contributed by atoms with Crippen LogP contribution < -0.4 is 5.43 Å². The molecule has 0 saturated carbocycles. The predicted octanol–water partition coefficient (Wildman–Crippen LogP) is 4.23. The average Bonchev–Trinajstić information content (AvgIpc) is 3.17. The van der Waals surface area contributed by atoms with Gasteiger partial charge in [-0.2, -0.15) is 5.10 Å². The fourth-order valence-corrected chi connectivity index (χ4v) is 4.15. The summed E-state index contributed by atoms with van der Waals surface area (Å²) in [6.45, 7) is 0.224. The second-order valence-corrected chi connectivity index (χ2v) is 8.14. The van der Waals surface area contributed by atoms with Gasteiger partial charge >= 0.3 is 0 Å². The van der Waals surface area contributed by atoms with Crippen molar-refractivity contribution in [1.29, 1.82) is 0 Å². The molecule has 0 aliphatic carbocycles. The normalized spacial score (nSPS) is 12.3. The van der Waals surface area contributed by atoms with Gasteiger partial charge in [-0.15, -0.1) is 0 Å². The molecule has 33 heavy (non-hydrogen) atoms. The minimum Gasteiger partial charge on any atom is -0.503 e. The van der Waals surface area contributed by atoms with Gasteiger partial charge in [0.05, 0.1) is 25.0 Å². The van der Waals surface area contributed by atoms with Crippen molar-refractivity contribution >= 4 is 15.9 Å². The molecule has 0 aliphatic rings. The van der Waals surface area contributed by atoms with Gasteiger partial charge in [0.25, 0.3) is 0 Å². The van der Waals surface area contributed by atoms with Crippen molar-refractivity contribution < 1.29 is 18.6 Å². The predicted molar refractivity (Wildman–Crippen MR) is 121 cm³/mol. The van der Waals surface area contributed by atoms with Crippen molar-refractivity contribution in [1.82, 2.24) is 19.7 Å². The van der Waals surface area contributed by atoms with Crippen molar-refractivity contribution in [2.24, 2.45) is 0 Å². The lowest BCUT2D eigenvalue weighted by Gasteiger charge is -2.28. The minimum absolute atomic E-state index is 0.0585. The Morgan fingerprint density at radius 3 is 2.18 bits per heavy atom. The monoisotopic (exact) mass is 516 g/mol. The second kappa shape index (κ2) is 9.63. The van der Waals surface area contributed by atoms with Crippen molar-refractivity contribution in [2.75, 3.05) is 7.11 Å². The Kier molecular flexibility index (Phi) is 6.66. The molecule has 10 heteroatoms. The molecule has 4 rings (SSSR count). The molecule has 0 spiro atoms. The maximum Gasteiger partial charge on any atom is 0.242 e. The topological polar surface area (TPSA) is 93.0 Å². The number of hydrogen-bond donors (Lipinski definition) is 2. The van der Waals surface area contributed by atoms with Gasteiger partial charge in [0.1, 0.15) is 21.9 Å². The molecule has 0 fully saturated rings. The lowest BCUT2D eigenvalue weighted by Crippen LogP contribution is -2.28. The highest BCUT2D eigenvalue weighted by Gasteiger charge is 2.28. The summed E-state index contributed by atoms with van der Waals surface area (Å²) in [5.41, 5.74) is 0.951. The molecule has 2 heterocycles. The first-order valence-corrected chi connectivity index (χ1v) is 10.7. The van der Waals surface area contributed by atoms with Crippen LogP contribution in [0.4, 0.5) is 8.78 Å². The number of nitrogens with one attached hydrogen (secondary N) is 1. The fraction of sp³-hybridized carbons (Fsp3) is 0.174. The van der Waals surface area contributed by atoms with Gasteiger partial charge in [-0.25, -0.2) is 13.8 Å². The molecule has 1 atom stereocenters. The summed E-state index contributed by atoms with van der Waals surface area (Å²) < 4.78 is 35.3. The zero-order chi connectivity index (χ0) is 23.5. The Morgan fingerprint density at radius 1 is 1.06 bits per heavy atom. The van der Waals surface area contributed by atoms with Crippen molar-refractivity contribution in [3.8, 4) is 17.3 Å². The lowest BCUT2D eigenvalue weighted by molar-refractivity contribution is 0.0741. The van der Waals surface area contributed by atoms with Gasteiger partial charge < -0.3 is 14.4 Å². The molecular weight excluding hydrogens is 498 g/mol. The number of rotatable bonds is 7. The van der Waals surface area contributed by atoms with Crippen LogP contribution in [0, 0.1) is 11.6 Å². The largest absolute Gasteiger partial charge is 0.503 e. The first-order chi connectivity index (χ1) is 15.9. The SMILES string of the molecule is COC(Cn1c(Br)cnc1-c1[nH]ncc(=O)c1O)C(c1ccc(F)cc1)c1ccc(F)cc1.